The van der Waals surface area contributed by atoms with E-state index in [0.717, 1.165) is 31.4 Å². The second kappa shape index (κ2) is 10.8. The Labute approximate surface area is 218 Å². The Hall–Kier alpha value is -3.65. The first kappa shape index (κ1) is 25.0. The summed E-state index contributed by atoms with van der Waals surface area (Å²) in [6.07, 6.45) is 3.13. The van der Waals surface area contributed by atoms with E-state index in [1.807, 2.05) is 40.1 Å². The number of carbonyl (C=O) groups excluding carboxylic acids is 2. The molecule has 2 fully saturated rings. The average molecular weight is 518 g/mol. The van der Waals surface area contributed by atoms with Gasteiger partial charge in [-0.05, 0) is 61.2 Å². The number of piperidine rings is 1. The fourth-order valence-corrected chi connectivity index (χ4v) is 6.65. The monoisotopic (exact) mass is 517 g/mol. The maximum atomic E-state index is 13.6. The van der Waals surface area contributed by atoms with E-state index in [1.54, 1.807) is 54.6 Å². The molecule has 0 spiro atoms. The van der Waals surface area contributed by atoms with Gasteiger partial charge in [-0.15, -0.1) is 0 Å². The molecule has 2 amide bonds. The van der Waals surface area contributed by atoms with Crippen LogP contribution in [0.1, 0.15) is 41.6 Å². The van der Waals surface area contributed by atoms with Crippen LogP contribution in [0, 0.1) is 0 Å². The molecule has 0 atom stereocenters. The fourth-order valence-electron chi connectivity index (χ4n) is 5.17. The molecule has 2 aliphatic heterocycles. The molecule has 0 bridgehead atoms. The molecule has 0 saturated carbocycles. The molecular formula is C29H31N3O4S. The molecule has 2 aliphatic rings. The maximum absolute atomic E-state index is 13.6. The van der Waals surface area contributed by atoms with E-state index in [-0.39, 0.29) is 29.3 Å². The summed E-state index contributed by atoms with van der Waals surface area (Å²) in [5, 5.41) is 0. The van der Waals surface area contributed by atoms with Gasteiger partial charge in [0.25, 0.3) is 15.9 Å². The van der Waals surface area contributed by atoms with Gasteiger partial charge in [0.1, 0.15) is 0 Å². The van der Waals surface area contributed by atoms with Crippen molar-refractivity contribution < 1.29 is 18.0 Å². The van der Waals surface area contributed by atoms with Crippen molar-refractivity contribution in [2.75, 3.05) is 23.9 Å². The molecule has 2 heterocycles. The average Bonchev–Trinajstić information content (AvgIpc) is 3.38. The number of nitrogens with zero attached hydrogens (tertiary/aromatic N) is 3. The summed E-state index contributed by atoms with van der Waals surface area (Å²) in [7, 11) is -3.82. The lowest BCUT2D eigenvalue weighted by Crippen LogP contribution is -2.47. The number of benzene rings is 3. The third kappa shape index (κ3) is 5.39. The third-order valence-electron chi connectivity index (χ3n) is 7.20. The van der Waals surface area contributed by atoms with Crippen molar-refractivity contribution in [1.29, 1.82) is 0 Å². The minimum absolute atomic E-state index is 0.0710. The fraction of sp³-hybridized carbons (Fsp3) is 0.310. The zero-order chi connectivity index (χ0) is 25.8. The lowest BCUT2D eigenvalue weighted by Gasteiger charge is -2.36. The van der Waals surface area contributed by atoms with Gasteiger partial charge in [0.05, 0.1) is 17.1 Å². The number of rotatable bonds is 7. The number of hydrogen-bond acceptors (Lipinski definition) is 4. The van der Waals surface area contributed by atoms with Crippen molar-refractivity contribution in [2.45, 2.75) is 43.2 Å². The van der Waals surface area contributed by atoms with Gasteiger partial charge in [0, 0.05) is 37.7 Å². The normalized spacial score (nSPS) is 16.7. The van der Waals surface area contributed by atoms with Crippen LogP contribution in [0.2, 0.25) is 0 Å². The molecule has 37 heavy (non-hydrogen) atoms. The molecule has 3 aromatic rings. The summed E-state index contributed by atoms with van der Waals surface area (Å²) in [5.41, 5.74) is 1.88. The molecule has 0 aliphatic carbocycles. The van der Waals surface area contributed by atoms with Crippen molar-refractivity contribution in [1.82, 2.24) is 9.80 Å². The lowest BCUT2D eigenvalue weighted by molar-refractivity contribution is -0.130. The van der Waals surface area contributed by atoms with Gasteiger partial charge in [0.2, 0.25) is 5.91 Å². The number of anilines is 1. The van der Waals surface area contributed by atoms with Crippen molar-refractivity contribution in [3.63, 3.8) is 0 Å². The molecule has 7 nitrogen and oxygen atoms in total. The van der Waals surface area contributed by atoms with Crippen molar-refractivity contribution in [2.24, 2.45) is 0 Å². The van der Waals surface area contributed by atoms with Crippen LogP contribution >= 0.6 is 0 Å². The van der Waals surface area contributed by atoms with Gasteiger partial charge in [-0.25, -0.2) is 8.42 Å². The predicted octanol–water partition coefficient (Wildman–Crippen LogP) is 4.31. The van der Waals surface area contributed by atoms with Gasteiger partial charge in [-0.1, -0.05) is 48.5 Å². The van der Waals surface area contributed by atoms with Crippen LogP contribution in [0.15, 0.2) is 89.8 Å². The first-order chi connectivity index (χ1) is 17.9. The number of amides is 2. The Balaban J connectivity index is 1.33. The first-order valence-electron chi connectivity index (χ1n) is 12.7. The van der Waals surface area contributed by atoms with Crippen LogP contribution in [0.25, 0.3) is 0 Å². The smallest absolute Gasteiger partial charge is 0.264 e. The summed E-state index contributed by atoms with van der Waals surface area (Å²) in [5.74, 6) is 0.157. The number of hydrogen-bond donors (Lipinski definition) is 0. The standard InChI is InChI=1S/C29H31N3O4S/c33-28-12-7-19-31(28)25-17-20-30(21-18-25)29(34)24-13-15-26(16-14-24)32(22-23-8-3-1-4-9-23)37(35,36)27-10-5-2-6-11-27/h1-6,8-11,13-16,25H,7,12,17-22H2. The van der Waals surface area contributed by atoms with Gasteiger partial charge in [-0.2, -0.15) is 0 Å². The summed E-state index contributed by atoms with van der Waals surface area (Å²) >= 11 is 0. The Bertz CT molecular complexity index is 1340. The van der Waals surface area contributed by atoms with Gasteiger partial charge >= 0.3 is 0 Å². The molecular weight excluding hydrogens is 486 g/mol. The number of likely N-dealkylation sites (tertiary alicyclic amines) is 2. The summed E-state index contributed by atoms with van der Waals surface area (Å²) in [6, 6.07) is 24.8. The van der Waals surface area contributed by atoms with Crippen LogP contribution < -0.4 is 4.31 Å². The Kier molecular flexibility index (Phi) is 7.28. The number of carbonyl (C=O) groups is 2. The minimum atomic E-state index is -3.82. The quantitative estimate of drug-likeness (QED) is 0.468. The Morgan fingerprint density at radius 3 is 2.05 bits per heavy atom. The van der Waals surface area contributed by atoms with Crippen LogP contribution in [0.3, 0.4) is 0 Å². The third-order valence-corrected chi connectivity index (χ3v) is 8.99. The highest BCUT2D eigenvalue weighted by molar-refractivity contribution is 7.92. The predicted molar refractivity (Wildman–Crippen MR) is 143 cm³/mol. The van der Waals surface area contributed by atoms with Crippen molar-refractivity contribution in [3.05, 3.63) is 96.1 Å². The second-order valence-electron chi connectivity index (χ2n) is 9.57. The summed E-state index contributed by atoms with van der Waals surface area (Å²) < 4.78 is 28.6. The van der Waals surface area contributed by atoms with Gasteiger partial charge < -0.3 is 9.80 Å². The second-order valence-corrected chi connectivity index (χ2v) is 11.4. The van der Waals surface area contributed by atoms with Crippen LogP contribution in [-0.4, -0.2) is 55.7 Å². The molecule has 0 aromatic heterocycles. The molecule has 2 saturated heterocycles. The van der Waals surface area contributed by atoms with Crippen LogP contribution in [-0.2, 0) is 21.4 Å². The Morgan fingerprint density at radius 1 is 0.838 bits per heavy atom. The minimum Gasteiger partial charge on any atom is -0.340 e. The van der Waals surface area contributed by atoms with Crippen molar-refractivity contribution >= 4 is 27.5 Å². The van der Waals surface area contributed by atoms with E-state index in [0.29, 0.717) is 30.8 Å². The Morgan fingerprint density at radius 2 is 1.46 bits per heavy atom. The molecule has 0 N–H and O–H groups in total. The van der Waals surface area contributed by atoms with Gasteiger partial charge in [0.15, 0.2) is 0 Å². The molecule has 5 rings (SSSR count). The zero-order valence-electron chi connectivity index (χ0n) is 20.7. The van der Waals surface area contributed by atoms with Crippen molar-refractivity contribution in [3.8, 4) is 0 Å². The largest absolute Gasteiger partial charge is 0.340 e. The lowest BCUT2D eigenvalue weighted by atomic mass is 10.0. The van der Waals surface area contributed by atoms with E-state index in [9.17, 15) is 18.0 Å². The molecule has 192 valence electrons. The topological polar surface area (TPSA) is 78.0 Å². The molecule has 0 unspecified atom stereocenters. The summed E-state index contributed by atoms with van der Waals surface area (Å²) in [6.45, 7) is 2.22. The highest BCUT2D eigenvalue weighted by Gasteiger charge is 2.32. The molecule has 8 heteroatoms. The van der Waals surface area contributed by atoms with E-state index in [1.165, 1.54) is 4.31 Å². The van der Waals surface area contributed by atoms with E-state index >= 15 is 0 Å². The SMILES string of the molecule is O=C(c1ccc(N(Cc2ccccc2)S(=O)(=O)c2ccccc2)cc1)N1CCC(N2CCCC2=O)CC1. The van der Waals surface area contributed by atoms with Gasteiger partial charge in [-0.3, -0.25) is 13.9 Å². The summed E-state index contributed by atoms with van der Waals surface area (Å²) in [4.78, 5) is 29.3. The molecule has 0 radical (unpaired) electrons. The highest BCUT2D eigenvalue weighted by atomic mass is 32.2. The van der Waals surface area contributed by atoms with E-state index in [2.05, 4.69) is 0 Å². The zero-order valence-corrected chi connectivity index (χ0v) is 21.5. The van der Waals surface area contributed by atoms with Crippen LogP contribution in [0.5, 0.6) is 0 Å². The van der Waals surface area contributed by atoms with Crippen LogP contribution in [0.4, 0.5) is 5.69 Å². The maximum Gasteiger partial charge on any atom is 0.264 e. The molecule has 3 aromatic carbocycles. The first-order valence-corrected chi connectivity index (χ1v) is 14.2. The van der Waals surface area contributed by atoms with E-state index < -0.39 is 10.0 Å². The number of sulfonamides is 1. The highest BCUT2D eigenvalue weighted by Crippen LogP contribution is 2.28. The van der Waals surface area contributed by atoms with E-state index in [4.69, 9.17) is 0 Å².